The van der Waals surface area contributed by atoms with Gasteiger partial charge in [-0.3, -0.25) is 14.5 Å². The number of morpholine rings is 1. The van der Waals surface area contributed by atoms with Crippen LogP contribution in [-0.4, -0.2) is 52.7 Å². The van der Waals surface area contributed by atoms with Gasteiger partial charge in [-0.05, 0) is 67.4 Å². The molecular weight excluding hydrogens is 472 g/mol. The zero-order valence-electron chi connectivity index (χ0n) is 20.8. The van der Waals surface area contributed by atoms with E-state index in [0.29, 0.717) is 37.1 Å². The van der Waals surface area contributed by atoms with Gasteiger partial charge in [0.1, 0.15) is 12.2 Å². The third-order valence-corrected chi connectivity index (χ3v) is 7.27. The van der Waals surface area contributed by atoms with E-state index in [9.17, 15) is 9.59 Å². The second-order valence-electron chi connectivity index (χ2n) is 9.27. The van der Waals surface area contributed by atoms with Crippen molar-refractivity contribution in [1.82, 2.24) is 14.8 Å². The van der Waals surface area contributed by atoms with Crippen LogP contribution in [0.3, 0.4) is 0 Å². The zero-order valence-corrected chi connectivity index (χ0v) is 21.7. The molecule has 8 heteroatoms. The number of rotatable bonds is 5. The fraction of sp³-hybridized carbons (Fsp3) is 0.321. The maximum atomic E-state index is 13.4. The number of anilines is 1. The van der Waals surface area contributed by atoms with E-state index < -0.39 is 0 Å². The van der Waals surface area contributed by atoms with E-state index in [-0.39, 0.29) is 18.4 Å². The number of benzene rings is 2. The Bertz CT molecular complexity index is 1400. The number of nitrogens with zero attached hydrogens (tertiary/aromatic N) is 3. The van der Waals surface area contributed by atoms with Crippen molar-refractivity contribution < 1.29 is 14.3 Å². The first-order valence-corrected chi connectivity index (χ1v) is 12.7. The van der Waals surface area contributed by atoms with Crippen LogP contribution in [0.4, 0.5) is 5.69 Å². The normalized spacial score (nSPS) is 17.4. The third-order valence-electron chi connectivity index (χ3n) is 6.99. The molecule has 1 N–H and O–H groups in total. The average Bonchev–Trinajstić information content (AvgIpc) is 3.37. The van der Waals surface area contributed by atoms with Gasteiger partial charge in [0.15, 0.2) is 5.11 Å². The summed E-state index contributed by atoms with van der Waals surface area (Å²) in [6.07, 6.45) is 4.64. The second kappa shape index (κ2) is 9.87. The summed E-state index contributed by atoms with van der Waals surface area (Å²) in [4.78, 5) is 29.8. The molecule has 0 saturated carbocycles. The second-order valence-corrected chi connectivity index (χ2v) is 9.66. The van der Waals surface area contributed by atoms with E-state index >= 15 is 0 Å². The number of carbonyl (C=O) groups is 2. The van der Waals surface area contributed by atoms with Crippen LogP contribution >= 0.6 is 12.2 Å². The molecule has 36 heavy (non-hydrogen) atoms. The molecule has 186 valence electrons. The third kappa shape index (κ3) is 4.42. The molecule has 0 aliphatic carbocycles. The molecule has 0 spiro atoms. The number of thiocarbonyl (C=S) groups is 1. The number of amides is 2. The van der Waals surface area contributed by atoms with Crippen molar-refractivity contribution in [1.29, 1.82) is 0 Å². The quantitative estimate of drug-likeness (QED) is 0.423. The van der Waals surface area contributed by atoms with Gasteiger partial charge in [0.2, 0.25) is 5.91 Å². The first-order chi connectivity index (χ1) is 17.4. The fourth-order valence-electron chi connectivity index (χ4n) is 4.84. The molecule has 2 aliphatic rings. The van der Waals surface area contributed by atoms with Crippen molar-refractivity contribution in [2.75, 3.05) is 31.2 Å². The molecule has 3 aromatic rings. The van der Waals surface area contributed by atoms with E-state index in [0.717, 1.165) is 45.3 Å². The molecule has 0 bridgehead atoms. The Kier molecular flexibility index (Phi) is 6.64. The van der Waals surface area contributed by atoms with E-state index in [1.165, 1.54) is 4.90 Å². The van der Waals surface area contributed by atoms with Crippen LogP contribution in [-0.2, 0) is 27.3 Å². The molecule has 1 aromatic heterocycles. The molecule has 2 fully saturated rings. The lowest BCUT2D eigenvalue weighted by atomic mass is 10.1. The topological polar surface area (TPSA) is 66.8 Å². The summed E-state index contributed by atoms with van der Waals surface area (Å²) in [5, 5.41) is 4.46. The van der Waals surface area contributed by atoms with Crippen LogP contribution < -0.4 is 10.2 Å². The van der Waals surface area contributed by atoms with Gasteiger partial charge in [-0.2, -0.15) is 0 Å². The number of hydrogen-bond acceptors (Lipinski definition) is 4. The van der Waals surface area contributed by atoms with E-state index in [1.807, 2.05) is 65.9 Å². The number of para-hydroxylation sites is 1. The maximum Gasteiger partial charge on any atom is 0.281 e. The lowest BCUT2D eigenvalue weighted by molar-refractivity contribution is -0.135. The van der Waals surface area contributed by atoms with Gasteiger partial charge in [0.05, 0.1) is 24.4 Å². The number of ether oxygens (including phenoxy) is 1. The number of fused-ring (bicyclic) bond motifs is 1. The summed E-state index contributed by atoms with van der Waals surface area (Å²) >= 11 is 5.53. The molecule has 0 atom stereocenters. The first kappa shape index (κ1) is 24.2. The van der Waals surface area contributed by atoms with Crippen molar-refractivity contribution in [2.45, 2.75) is 33.7 Å². The van der Waals surface area contributed by atoms with Crippen LogP contribution in [0.25, 0.3) is 17.0 Å². The van der Waals surface area contributed by atoms with Gasteiger partial charge in [-0.15, -0.1) is 0 Å². The molecule has 0 radical (unpaired) electrons. The lowest BCUT2D eigenvalue weighted by Gasteiger charge is -2.27. The molecule has 5 rings (SSSR count). The molecule has 2 aliphatic heterocycles. The zero-order chi connectivity index (χ0) is 25.4. The van der Waals surface area contributed by atoms with E-state index in [4.69, 9.17) is 17.0 Å². The van der Waals surface area contributed by atoms with Gasteiger partial charge >= 0.3 is 0 Å². The molecule has 7 nitrogen and oxygen atoms in total. The summed E-state index contributed by atoms with van der Waals surface area (Å²) in [6, 6.07) is 12.0. The highest BCUT2D eigenvalue weighted by molar-refractivity contribution is 7.80. The minimum absolute atomic E-state index is 0.0671. The Hall–Kier alpha value is -3.49. The van der Waals surface area contributed by atoms with Crippen molar-refractivity contribution in [2.24, 2.45) is 0 Å². The van der Waals surface area contributed by atoms with Crippen molar-refractivity contribution in [3.8, 4) is 0 Å². The minimum Gasteiger partial charge on any atom is -0.378 e. The van der Waals surface area contributed by atoms with E-state index in [1.54, 1.807) is 0 Å². The molecule has 2 saturated heterocycles. The first-order valence-electron chi connectivity index (χ1n) is 12.3. The predicted octanol–water partition coefficient (Wildman–Crippen LogP) is 3.94. The van der Waals surface area contributed by atoms with Gasteiger partial charge in [-0.25, -0.2) is 0 Å². The number of aryl methyl sites for hydroxylation is 3. The Balaban J connectivity index is 1.51. The summed E-state index contributed by atoms with van der Waals surface area (Å²) < 4.78 is 7.41. The van der Waals surface area contributed by atoms with Crippen LogP contribution in [0.5, 0.6) is 0 Å². The van der Waals surface area contributed by atoms with Crippen molar-refractivity contribution in [3.63, 3.8) is 0 Å². The Morgan fingerprint density at radius 1 is 1.14 bits per heavy atom. The van der Waals surface area contributed by atoms with Crippen LogP contribution in [0.15, 0.2) is 48.3 Å². The summed E-state index contributed by atoms with van der Waals surface area (Å²) in [5.74, 6) is -0.127. The predicted molar refractivity (Wildman–Crippen MR) is 146 cm³/mol. The summed E-state index contributed by atoms with van der Waals surface area (Å²) in [6.45, 7) is 8.77. The standard InChI is InChI=1S/C28H30N4O3S/c1-4-20-6-5-7-23-21(16-31(26(20)23)17-25(33)30-10-12-35-13-11-30)15-24-27(34)32(28(36)29-24)22-9-8-18(2)19(3)14-22/h5-9,14-16H,4,10-13,17H2,1-3H3,(H,29,36). The Labute approximate surface area is 216 Å². The molecule has 0 unspecified atom stereocenters. The van der Waals surface area contributed by atoms with Gasteiger partial charge in [0, 0.05) is 30.2 Å². The van der Waals surface area contributed by atoms with Crippen LogP contribution in [0.1, 0.15) is 29.2 Å². The fourth-order valence-corrected chi connectivity index (χ4v) is 5.14. The Morgan fingerprint density at radius 3 is 2.64 bits per heavy atom. The summed E-state index contributed by atoms with van der Waals surface area (Å²) in [5.41, 5.74) is 6.47. The molecule has 2 aromatic carbocycles. The maximum absolute atomic E-state index is 13.4. The van der Waals surface area contributed by atoms with Crippen molar-refractivity contribution in [3.05, 3.63) is 70.5 Å². The van der Waals surface area contributed by atoms with E-state index in [2.05, 4.69) is 18.3 Å². The SMILES string of the molecule is CCc1cccc2c(C=C3NC(=S)N(c4ccc(C)c(C)c4)C3=O)cn(CC(=O)N3CCOCC3)c12. The van der Waals surface area contributed by atoms with Crippen molar-refractivity contribution >= 4 is 51.8 Å². The monoisotopic (exact) mass is 502 g/mol. The van der Waals surface area contributed by atoms with Crippen LogP contribution in [0, 0.1) is 13.8 Å². The smallest absolute Gasteiger partial charge is 0.281 e. The minimum atomic E-state index is -0.194. The highest BCUT2D eigenvalue weighted by Crippen LogP contribution is 2.30. The summed E-state index contributed by atoms with van der Waals surface area (Å²) in [7, 11) is 0. The highest BCUT2D eigenvalue weighted by Gasteiger charge is 2.32. The number of aromatic nitrogens is 1. The number of nitrogens with one attached hydrogen (secondary N) is 1. The average molecular weight is 503 g/mol. The van der Waals surface area contributed by atoms with Gasteiger partial charge in [-0.1, -0.05) is 31.2 Å². The lowest BCUT2D eigenvalue weighted by Crippen LogP contribution is -2.42. The largest absolute Gasteiger partial charge is 0.378 e. The molecule has 3 heterocycles. The van der Waals surface area contributed by atoms with Gasteiger partial charge in [0.25, 0.3) is 5.91 Å². The highest BCUT2D eigenvalue weighted by atomic mass is 32.1. The van der Waals surface area contributed by atoms with Crippen LogP contribution in [0.2, 0.25) is 0 Å². The molecule has 2 amide bonds. The number of carbonyl (C=O) groups excluding carboxylic acids is 2. The number of hydrogen-bond donors (Lipinski definition) is 1. The van der Waals surface area contributed by atoms with Gasteiger partial charge < -0.3 is 19.5 Å². The Morgan fingerprint density at radius 2 is 1.92 bits per heavy atom. The molecular formula is C28H30N4O3S.